The summed E-state index contributed by atoms with van der Waals surface area (Å²) in [5, 5.41) is 23.4. The molecular formula is C28H32N6O5. The first-order valence-corrected chi connectivity index (χ1v) is 13.5. The number of ether oxygens (including phenoxy) is 1. The zero-order chi connectivity index (χ0) is 27.0. The van der Waals surface area contributed by atoms with E-state index in [1.54, 1.807) is 21.7 Å². The SMILES string of the molecule is O=C(NCn1nnc2ccccc21)C1N(CCCCCO)C(=O)[C@@H]2[C@H](C(=O)Nc3ccccc3)[C@@H]3CCC12O3. The molecule has 6 rings (SSSR count). The van der Waals surface area contributed by atoms with Gasteiger partial charge in [0.25, 0.3) is 0 Å². The number of fused-ring (bicyclic) bond motifs is 2. The Morgan fingerprint density at radius 3 is 2.67 bits per heavy atom. The van der Waals surface area contributed by atoms with Gasteiger partial charge in [-0.1, -0.05) is 35.5 Å². The second-order valence-electron chi connectivity index (χ2n) is 10.5. The highest BCUT2D eigenvalue weighted by molar-refractivity contribution is 6.02. The lowest BCUT2D eigenvalue weighted by atomic mass is 9.70. The second kappa shape index (κ2) is 10.4. The molecule has 3 aromatic rings. The van der Waals surface area contributed by atoms with E-state index >= 15 is 0 Å². The summed E-state index contributed by atoms with van der Waals surface area (Å²) in [7, 11) is 0. The van der Waals surface area contributed by atoms with Crippen molar-refractivity contribution in [3.63, 3.8) is 0 Å². The van der Waals surface area contributed by atoms with Crippen LogP contribution in [0, 0.1) is 11.8 Å². The minimum absolute atomic E-state index is 0.0722. The molecule has 11 heteroatoms. The van der Waals surface area contributed by atoms with Gasteiger partial charge in [0.1, 0.15) is 23.8 Å². The van der Waals surface area contributed by atoms with Gasteiger partial charge in [-0.25, -0.2) is 4.68 Å². The number of carbonyl (C=O) groups is 3. The van der Waals surface area contributed by atoms with Crippen LogP contribution in [0.2, 0.25) is 0 Å². The number of unbranched alkanes of at least 4 members (excludes halogenated alkanes) is 2. The van der Waals surface area contributed by atoms with Gasteiger partial charge in [0.15, 0.2) is 0 Å². The Kier molecular flexibility index (Phi) is 6.78. The van der Waals surface area contributed by atoms with Crippen molar-refractivity contribution in [1.29, 1.82) is 0 Å². The molecule has 4 heterocycles. The van der Waals surface area contributed by atoms with Crippen LogP contribution < -0.4 is 10.6 Å². The summed E-state index contributed by atoms with van der Waals surface area (Å²) in [6, 6.07) is 15.7. The standard InChI is InChI=1S/C28H32N6O5/c35-16-8-2-7-15-33-24(26(37)29-17-34-20-12-6-5-11-19(20)31-32-34)28-14-13-21(39-28)22(23(28)27(33)38)25(36)30-18-9-3-1-4-10-18/h1,3-6,9-12,21-24,35H,2,7-8,13-17H2,(H,29,37)(H,30,36)/t21-,22+,23-,24?,28?/m0/s1. The Hall–Kier alpha value is -3.83. The number of benzene rings is 2. The zero-order valence-electron chi connectivity index (χ0n) is 21.5. The van der Waals surface area contributed by atoms with Crippen LogP contribution >= 0.6 is 0 Å². The van der Waals surface area contributed by atoms with E-state index in [1.165, 1.54) is 0 Å². The van der Waals surface area contributed by atoms with Crippen LogP contribution in [0.15, 0.2) is 54.6 Å². The number of hydrogen-bond donors (Lipinski definition) is 3. The normalized spacial score (nSPS) is 27.2. The lowest BCUT2D eigenvalue weighted by molar-refractivity contribution is -0.141. The number of hydrogen-bond acceptors (Lipinski definition) is 7. The van der Waals surface area contributed by atoms with Crippen LogP contribution in [0.4, 0.5) is 5.69 Å². The van der Waals surface area contributed by atoms with E-state index in [4.69, 9.17) is 4.74 Å². The van der Waals surface area contributed by atoms with E-state index in [0.717, 1.165) is 17.5 Å². The number of aliphatic hydroxyl groups is 1. The van der Waals surface area contributed by atoms with Crippen LogP contribution in [0.5, 0.6) is 0 Å². The number of aromatic nitrogens is 3. The van der Waals surface area contributed by atoms with E-state index < -0.39 is 29.6 Å². The second-order valence-corrected chi connectivity index (χ2v) is 10.5. The highest BCUT2D eigenvalue weighted by atomic mass is 16.5. The van der Waals surface area contributed by atoms with Crippen LogP contribution in [0.1, 0.15) is 32.1 Å². The highest BCUT2D eigenvalue weighted by Gasteiger charge is 2.74. The van der Waals surface area contributed by atoms with Crippen LogP contribution in [0.3, 0.4) is 0 Å². The third-order valence-corrected chi connectivity index (χ3v) is 8.27. The van der Waals surface area contributed by atoms with Gasteiger partial charge < -0.3 is 25.4 Å². The number of amides is 3. The average Bonchev–Trinajstić information content (AvgIpc) is 3.70. The Bertz CT molecular complexity index is 1380. The summed E-state index contributed by atoms with van der Waals surface area (Å²) in [6.45, 7) is 0.510. The quantitative estimate of drug-likeness (QED) is 0.338. The number of carbonyl (C=O) groups excluding carboxylic acids is 3. The van der Waals surface area contributed by atoms with Crippen LogP contribution in [-0.4, -0.2) is 73.6 Å². The van der Waals surface area contributed by atoms with Crippen molar-refractivity contribution in [3.05, 3.63) is 54.6 Å². The first-order valence-electron chi connectivity index (χ1n) is 13.5. The molecule has 1 spiro atoms. The number of rotatable bonds is 10. The van der Waals surface area contributed by atoms with Crippen molar-refractivity contribution in [2.45, 2.75) is 56.5 Å². The number of likely N-dealkylation sites (tertiary alicyclic amines) is 1. The van der Waals surface area contributed by atoms with E-state index in [9.17, 15) is 19.5 Å². The molecule has 2 bridgehead atoms. The number of nitrogens with zero attached hydrogens (tertiary/aromatic N) is 4. The number of anilines is 1. The van der Waals surface area contributed by atoms with Gasteiger partial charge in [0.05, 0.1) is 23.5 Å². The van der Waals surface area contributed by atoms with Gasteiger partial charge in [-0.15, -0.1) is 5.10 Å². The van der Waals surface area contributed by atoms with Crippen molar-refractivity contribution in [2.24, 2.45) is 11.8 Å². The summed E-state index contributed by atoms with van der Waals surface area (Å²) >= 11 is 0. The third-order valence-electron chi connectivity index (χ3n) is 8.27. The van der Waals surface area contributed by atoms with Crippen LogP contribution in [-0.2, 0) is 25.8 Å². The monoisotopic (exact) mass is 532 g/mol. The van der Waals surface area contributed by atoms with E-state index in [-0.39, 0.29) is 31.0 Å². The molecule has 3 aliphatic heterocycles. The summed E-state index contributed by atoms with van der Waals surface area (Å²) < 4.78 is 8.07. The zero-order valence-corrected chi connectivity index (χ0v) is 21.5. The average molecular weight is 533 g/mol. The number of nitrogens with one attached hydrogen (secondary N) is 2. The van der Waals surface area contributed by atoms with Gasteiger partial charge in [-0.05, 0) is 56.4 Å². The summed E-state index contributed by atoms with van der Waals surface area (Å²) in [6.07, 6.45) is 2.68. The third kappa shape index (κ3) is 4.35. The smallest absolute Gasteiger partial charge is 0.247 e. The molecule has 3 aliphatic rings. The minimum atomic E-state index is -1.06. The molecule has 3 saturated heterocycles. The maximum absolute atomic E-state index is 13.9. The molecule has 3 amide bonds. The topological polar surface area (TPSA) is 139 Å². The lowest BCUT2D eigenvalue weighted by Crippen LogP contribution is -2.55. The molecule has 0 aliphatic carbocycles. The van der Waals surface area contributed by atoms with Gasteiger partial charge in [-0.3, -0.25) is 14.4 Å². The van der Waals surface area contributed by atoms with E-state index in [0.29, 0.717) is 37.9 Å². The summed E-state index contributed by atoms with van der Waals surface area (Å²) in [5.41, 5.74) is 1.09. The first-order chi connectivity index (χ1) is 19.0. The molecule has 11 nitrogen and oxygen atoms in total. The molecule has 5 atom stereocenters. The Labute approximate surface area is 225 Å². The minimum Gasteiger partial charge on any atom is -0.396 e. The van der Waals surface area contributed by atoms with Gasteiger partial charge >= 0.3 is 0 Å². The Morgan fingerprint density at radius 1 is 1.05 bits per heavy atom. The molecule has 0 saturated carbocycles. The molecule has 39 heavy (non-hydrogen) atoms. The number of aliphatic hydroxyl groups excluding tert-OH is 1. The van der Waals surface area contributed by atoms with Crippen molar-refractivity contribution < 1.29 is 24.2 Å². The van der Waals surface area contributed by atoms with Crippen molar-refractivity contribution in [2.75, 3.05) is 18.5 Å². The van der Waals surface area contributed by atoms with E-state index in [2.05, 4.69) is 20.9 Å². The molecule has 2 unspecified atom stereocenters. The molecule has 1 aromatic heterocycles. The number of para-hydroxylation sites is 2. The summed E-state index contributed by atoms with van der Waals surface area (Å²) in [4.78, 5) is 42.8. The lowest BCUT2D eigenvalue weighted by Gasteiger charge is -2.33. The van der Waals surface area contributed by atoms with Gasteiger partial charge in [-0.2, -0.15) is 0 Å². The predicted octanol–water partition coefficient (Wildman–Crippen LogP) is 1.68. The van der Waals surface area contributed by atoms with Gasteiger partial charge in [0.2, 0.25) is 17.7 Å². The van der Waals surface area contributed by atoms with E-state index in [1.807, 2.05) is 42.5 Å². The fourth-order valence-electron chi connectivity index (χ4n) is 6.60. The largest absolute Gasteiger partial charge is 0.396 e. The molecule has 204 valence electrons. The van der Waals surface area contributed by atoms with Crippen molar-refractivity contribution >= 4 is 34.4 Å². The summed E-state index contributed by atoms with van der Waals surface area (Å²) in [5.74, 6) is -2.23. The molecule has 3 N–H and O–H groups in total. The van der Waals surface area contributed by atoms with Crippen LogP contribution in [0.25, 0.3) is 11.0 Å². The maximum atomic E-state index is 13.9. The first kappa shape index (κ1) is 25.4. The molecule has 3 fully saturated rings. The highest BCUT2D eigenvalue weighted by Crippen LogP contribution is 2.58. The maximum Gasteiger partial charge on any atom is 0.247 e. The molecule has 0 radical (unpaired) electrons. The fourth-order valence-corrected chi connectivity index (χ4v) is 6.60. The Balaban J connectivity index is 1.26. The fraction of sp³-hybridized carbons (Fsp3) is 0.464. The van der Waals surface area contributed by atoms with Crippen molar-refractivity contribution in [1.82, 2.24) is 25.2 Å². The van der Waals surface area contributed by atoms with Gasteiger partial charge in [0, 0.05) is 18.8 Å². The van der Waals surface area contributed by atoms with Crippen molar-refractivity contribution in [3.8, 4) is 0 Å². The molecular weight excluding hydrogens is 500 g/mol. The Morgan fingerprint density at radius 2 is 1.85 bits per heavy atom. The predicted molar refractivity (Wildman–Crippen MR) is 141 cm³/mol. The molecule has 2 aromatic carbocycles.